The van der Waals surface area contributed by atoms with Crippen molar-refractivity contribution in [2.75, 3.05) is 5.73 Å². The van der Waals surface area contributed by atoms with Crippen molar-refractivity contribution in [3.8, 4) is 5.82 Å². The number of rotatable bonds is 1. The Hall–Kier alpha value is -2.36. The Morgan fingerprint density at radius 2 is 2.12 bits per heavy atom. The van der Waals surface area contributed by atoms with Crippen LogP contribution in [0.15, 0.2) is 43.0 Å². The van der Waals surface area contributed by atoms with Gasteiger partial charge in [0.15, 0.2) is 0 Å². The highest BCUT2D eigenvalue weighted by Crippen LogP contribution is 2.20. The van der Waals surface area contributed by atoms with E-state index in [4.69, 9.17) is 5.73 Å². The number of aromatic nitrogens is 3. The molecule has 0 aliphatic rings. The molecule has 0 aliphatic heterocycles. The molecular weight excluding hydrogens is 212 g/mol. The van der Waals surface area contributed by atoms with Gasteiger partial charge < -0.3 is 5.73 Å². The van der Waals surface area contributed by atoms with E-state index in [9.17, 15) is 0 Å². The molecule has 0 fully saturated rings. The first kappa shape index (κ1) is 9.84. The summed E-state index contributed by atoms with van der Waals surface area (Å²) in [6.07, 6.45) is 7.30. The maximum absolute atomic E-state index is 5.77. The number of fused-ring (bicyclic) bond motifs is 1. The summed E-state index contributed by atoms with van der Waals surface area (Å²) in [4.78, 5) is 8.48. The summed E-state index contributed by atoms with van der Waals surface area (Å²) < 4.78 is 2.01. The van der Waals surface area contributed by atoms with Gasteiger partial charge in [-0.2, -0.15) is 0 Å². The van der Waals surface area contributed by atoms with Crippen molar-refractivity contribution in [2.45, 2.75) is 6.92 Å². The van der Waals surface area contributed by atoms with Gasteiger partial charge in [-0.15, -0.1) is 0 Å². The van der Waals surface area contributed by atoms with Crippen molar-refractivity contribution in [1.82, 2.24) is 14.5 Å². The van der Waals surface area contributed by atoms with E-state index in [2.05, 4.69) is 9.97 Å². The number of aryl methyl sites for hydroxylation is 1. The molecule has 0 aromatic carbocycles. The van der Waals surface area contributed by atoms with Crippen molar-refractivity contribution in [3.63, 3.8) is 0 Å². The smallest absolute Gasteiger partial charge is 0.137 e. The predicted octanol–water partition coefficient (Wildman–Crippen LogP) is 2.31. The Bertz CT molecular complexity index is 685. The van der Waals surface area contributed by atoms with Crippen LogP contribution >= 0.6 is 0 Å². The average Bonchev–Trinajstić information content (AvgIpc) is 2.76. The second-order valence-corrected chi connectivity index (χ2v) is 4.02. The Kier molecular flexibility index (Phi) is 2.08. The van der Waals surface area contributed by atoms with Gasteiger partial charge in [-0.05, 0) is 30.7 Å². The van der Waals surface area contributed by atoms with Gasteiger partial charge in [-0.25, -0.2) is 4.98 Å². The Balaban J connectivity index is 2.24. The van der Waals surface area contributed by atoms with Crippen LogP contribution in [0.2, 0.25) is 0 Å². The van der Waals surface area contributed by atoms with Crippen LogP contribution in [-0.4, -0.2) is 14.5 Å². The van der Waals surface area contributed by atoms with Crippen molar-refractivity contribution >= 4 is 16.6 Å². The lowest BCUT2D eigenvalue weighted by molar-refractivity contribution is 1.03. The van der Waals surface area contributed by atoms with E-state index in [0.29, 0.717) is 5.69 Å². The normalized spacial score (nSPS) is 10.9. The van der Waals surface area contributed by atoms with Crippen LogP contribution in [0.25, 0.3) is 16.7 Å². The number of hydrogen-bond acceptors (Lipinski definition) is 3. The van der Waals surface area contributed by atoms with E-state index in [1.54, 1.807) is 12.4 Å². The molecule has 0 radical (unpaired) electrons. The van der Waals surface area contributed by atoms with E-state index in [-0.39, 0.29) is 0 Å². The van der Waals surface area contributed by atoms with Gasteiger partial charge in [0.25, 0.3) is 0 Å². The monoisotopic (exact) mass is 224 g/mol. The number of anilines is 1. The molecule has 2 N–H and O–H groups in total. The van der Waals surface area contributed by atoms with E-state index < -0.39 is 0 Å². The minimum Gasteiger partial charge on any atom is -0.397 e. The van der Waals surface area contributed by atoms with Gasteiger partial charge in [-0.1, -0.05) is 0 Å². The summed E-state index contributed by atoms with van der Waals surface area (Å²) in [6, 6.07) is 6.00. The molecule has 4 nitrogen and oxygen atoms in total. The van der Waals surface area contributed by atoms with E-state index in [1.807, 2.05) is 42.1 Å². The fraction of sp³-hybridized carbons (Fsp3) is 0.0769. The molecule has 3 heterocycles. The third kappa shape index (κ3) is 1.54. The zero-order valence-corrected chi connectivity index (χ0v) is 9.46. The van der Waals surface area contributed by atoms with Gasteiger partial charge in [-0.3, -0.25) is 9.55 Å². The summed E-state index contributed by atoms with van der Waals surface area (Å²) in [5.74, 6) is 0.861. The molecule has 4 heteroatoms. The average molecular weight is 224 g/mol. The van der Waals surface area contributed by atoms with Gasteiger partial charge in [0.05, 0.1) is 23.6 Å². The summed E-state index contributed by atoms with van der Waals surface area (Å²) >= 11 is 0. The second-order valence-electron chi connectivity index (χ2n) is 4.02. The summed E-state index contributed by atoms with van der Waals surface area (Å²) in [5, 5.41) is 1.15. The maximum Gasteiger partial charge on any atom is 0.137 e. The summed E-state index contributed by atoms with van der Waals surface area (Å²) in [7, 11) is 0. The second kappa shape index (κ2) is 3.59. The van der Waals surface area contributed by atoms with Gasteiger partial charge in [0.1, 0.15) is 5.82 Å². The topological polar surface area (TPSA) is 56.7 Å². The standard InChI is InChI=1S/C13H12N4/c1-9-6-13(16-7-11(9)14)17-5-3-10-2-4-15-8-12(10)17/h2-8H,14H2,1H3. The van der Waals surface area contributed by atoms with Crippen LogP contribution in [0.3, 0.4) is 0 Å². The molecule has 0 atom stereocenters. The third-order valence-electron chi connectivity index (χ3n) is 2.88. The molecule has 0 unspecified atom stereocenters. The molecule has 0 saturated carbocycles. The Morgan fingerprint density at radius 3 is 2.94 bits per heavy atom. The largest absolute Gasteiger partial charge is 0.397 e. The summed E-state index contributed by atoms with van der Waals surface area (Å²) in [5.41, 5.74) is 8.56. The van der Waals surface area contributed by atoms with Crippen molar-refractivity contribution in [3.05, 3.63) is 48.5 Å². The zero-order chi connectivity index (χ0) is 11.8. The lowest BCUT2D eigenvalue weighted by Crippen LogP contribution is -1.99. The lowest BCUT2D eigenvalue weighted by atomic mass is 10.2. The van der Waals surface area contributed by atoms with E-state index >= 15 is 0 Å². The highest BCUT2D eigenvalue weighted by atomic mass is 15.1. The molecule has 84 valence electrons. The number of nitrogens with two attached hydrogens (primary N) is 1. The quantitative estimate of drug-likeness (QED) is 0.690. The van der Waals surface area contributed by atoms with E-state index in [1.165, 1.54) is 0 Å². The van der Waals surface area contributed by atoms with Crippen molar-refractivity contribution < 1.29 is 0 Å². The van der Waals surface area contributed by atoms with Gasteiger partial charge in [0.2, 0.25) is 0 Å². The Morgan fingerprint density at radius 1 is 1.24 bits per heavy atom. The molecule has 0 saturated heterocycles. The first-order chi connectivity index (χ1) is 8.25. The van der Waals surface area contributed by atoms with Crippen LogP contribution in [0.1, 0.15) is 5.56 Å². The van der Waals surface area contributed by atoms with Crippen LogP contribution in [0.5, 0.6) is 0 Å². The molecule has 0 amide bonds. The van der Waals surface area contributed by atoms with E-state index in [0.717, 1.165) is 22.3 Å². The van der Waals surface area contributed by atoms with Gasteiger partial charge in [0, 0.05) is 17.8 Å². The molecular formula is C13H12N4. The first-order valence-electron chi connectivity index (χ1n) is 5.39. The Labute approximate surface area is 98.7 Å². The number of hydrogen-bond donors (Lipinski definition) is 1. The van der Waals surface area contributed by atoms with Crippen LogP contribution < -0.4 is 5.73 Å². The predicted molar refractivity (Wildman–Crippen MR) is 68.0 cm³/mol. The fourth-order valence-corrected chi connectivity index (χ4v) is 1.86. The fourth-order valence-electron chi connectivity index (χ4n) is 1.86. The lowest BCUT2D eigenvalue weighted by Gasteiger charge is -2.06. The molecule has 3 aromatic heterocycles. The van der Waals surface area contributed by atoms with Gasteiger partial charge >= 0.3 is 0 Å². The molecule has 17 heavy (non-hydrogen) atoms. The molecule has 3 aromatic rings. The maximum atomic E-state index is 5.77. The first-order valence-corrected chi connectivity index (χ1v) is 5.39. The molecule has 0 spiro atoms. The minimum absolute atomic E-state index is 0.711. The highest BCUT2D eigenvalue weighted by molar-refractivity contribution is 5.80. The number of pyridine rings is 2. The van der Waals surface area contributed by atoms with Crippen LogP contribution in [0.4, 0.5) is 5.69 Å². The molecule has 0 bridgehead atoms. The van der Waals surface area contributed by atoms with Crippen LogP contribution in [0, 0.1) is 6.92 Å². The molecule has 0 aliphatic carbocycles. The number of nitrogens with zero attached hydrogens (tertiary/aromatic N) is 3. The minimum atomic E-state index is 0.711. The van der Waals surface area contributed by atoms with Crippen LogP contribution in [-0.2, 0) is 0 Å². The van der Waals surface area contributed by atoms with Crippen molar-refractivity contribution in [2.24, 2.45) is 0 Å². The van der Waals surface area contributed by atoms with Crippen molar-refractivity contribution in [1.29, 1.82) is 0 Å². The highest BCUT2D eigenvalue weighted by Gasteiger charge is 2.05. The SMILES string of the molecule is Cc1cc(-n2ccc3ccncc32)ncc1N. The molecule has 3 rings (SSSR count). The number of nitrogen functional groups attached to an aromatic ring is 1. The summed E-state index contributed by atoms with van der Waals surface area (Å²) in [6.45, 7) is 1.98. The zero-order valence-electron chi connectivity index (χ0n) is 9.46. The third-order valence-corrected chi connectivity index (χ3v) is 2.88.